The van der Waals surface area contributed by atoms with E-state index in [-0.39, 0.29) is 18.6 Å². The maximum atomic E-state index is 13.9. The van der Waals surface area contributed by atoms with Crippen LogP contribution >= 0.6 is 15.9 Å². The highest BCUT2D eigenvalue weighted by atomic mass is 79.9. The second-order valence-corrected chi connectivity index (χ2v) is 4.85. The lowest BCUT2D eigenvalue weighted by atomic mass is 10.1. The maximum Gasteiger partial charge on any atom is 0.330 e. The zero-order chi connectivity index (χ0) is 14.0. The van der Waals surface area contributed by atoms with E-state index in [1.165, 1.54) is 17.3 Å². The molecule has 1 aromatic rings. The predicted octanol–water partition coefficient (Wildman–Crippen LogP) is 0.522. The molecule has 1 fully saturated rings. The fourth-order valence-corrected chi connectivity index (χ4v) is 2.15. The van der Waals surface area contributed by atoms with Crippen LogP contribution in [0.5, 0.6) is 0 Å². The number of nitrogens with one attached hydrogen (secondary N) is 1. The summed E-state index contributed by atoms with van der Waals surface area (Å²) >= 11 is 3.03. The first-order valence-electron chi connectivity index (χ1n) is 5.53. The van der Waals surface area contributed by atoms with Crippen molar-refractivity contribution < 1.29 is 14.2 Å². The van der Waals surface area contributed by atoms with Gasteiger partial charge in [-0.15, -0.1) is 0 Å². The number of ether oxygens (including phenoxy) is 1. The fraction of sp³-hybridized carbons (Fsp3) is 0.455. The molecule has 0 radical (unpaired) electrons. The molecule has 0 unspecified atom stereocenters. The molecule has 19 heavy (non-hydrogen) atoms. The van der Waals surface area contributed by atoms with Gasteiger partial charge in [-0.1, -0.05) is 15.9 Å². The second-order valence-electron chi connectivity index (χ2n) is 4.32. The number of rotatable bonds is 3. The molecule has 1 aromatic heterocycles. The predicted molar refractivity (Wildman–Crippen MR) is 69.8 cm³/mol. The molecule has 6 nitrogen and oxygen atoms in total. The molecule has 0 aliphatic carbocycles. The Balaban J connectivity index is 2.39. The Morgan fingerprint density at radius 2 is 2.42 bits per heavy atom. The summed E-state index contributed by atoms with van der Waals surface area (Å²) in [5.74, 6) is 0. The van der Waals surface area contributed by atoms with Crippen molar-refractivity contribution in [2.45, 2.75) is 18.3 Å². The molecule has 0 saturated carbocycles. The van der Waals surface area contributed by atoms with Crippen LogP contribution in [0.4, 0.5) is 4.39 Å². The topological polar surface area (TPSA) is 84.3 Å². The number of alkyl halides is 1. The molecule has 2 heterocycles. The molecule has 0 amide bonds. The number of H-pyrrole nitrogens is 1. The third-order valence-corrected chi connectivity index (χ3v) is 3.17. The maximum absolute atomic E-state index is 13.9. The summed E-state index contributed by atoms with van der Waals surface area (Å²) < 4.78 is 20.1. The number of aromatic nitrogens is 2. The van der Waals surface area contributed by atoms with Crippen LogP contribution in [-0.4, -0.2) is 33.5 Å². The van der Waals surface area contributed by atoms with Crippen LogP contribution in [0.15, 0.2) is 20.8 Å². The Hall–Kier alpha value is -1.25. The Morgan fingerprint density at radius 3 is 3.00 bits per heavy atom. The van der Waals surface area contributed by atoms with Gasteiger partial charge in [0.1, 0.15) is 6.23 Å². The Bertz CT molecular complexity index is 611. The van der Waals surface area contributed by atoms with E-state index in [4.69, 9.17) is 9.84 Å². The zero-order valence-corrected chi connectivity index (χ0v) is 11.4. The van der Waals surface area contributed by atoms with Gasteiger partial charge in [-0.2, -0.15) is 0 Å². The van der Waals surface area contributed by atoms with E-state index in [0.717, 1.165) is 4.57 Å². The van der Waals surface area contributed by atoms with E-state index < -0.39 is 29.8 Å². The second kappa shape index (κ2) is 5.40. The molecule has 104 valence electrons. The average Bonchev–Trinajstić information content (AvgIpc) is 2.76. The zero-order valence-electron chi connectivity index (χ0n) is 9.81. The van der Waals surface area contributed by atoms with Gasteiger partial charge in [-0.3, -0.25) is 14.3 Å². The molecule has 0 bridgehead atoms. The highest BCUT2D eigenvalue weighted by Crippen LogP contribution is 2.33. The molecule has 1 saturated heterocycles. The third kappa shape index (κ3) is 2.85. The van der Waals surface area contributed by atoms with Crippen molar-refractivity contribution >= 4 is 22.0 Å². The molecule has 0 spiro atoms. The smallest absolute Gasteiger partial charge is 0.330 e. The van der Waals surface area contributed by atoms with Gasteiger partial charge < -0.3 is 9.84 Å². The lowest BCUT2D eigenvalue weighted by Crippen LogP contribution is -2.34. The van der Waals surface area contributed by atoms with Gasteiger partial charge in [-0.25, -0.2) is 9.18 Å². The summed E-state index contributed by atoms with van der Waals surface area (Å²) in [6.45, 7) is -0.959. The molecule has 1 aliphatic heterocycles. The van der Waals surface area contributed by atoms with Crippen molar-refractivity contribution in [1.29, 1.82) is 0 Å². The first-order chi connectivity index (χ1) is 8.99. The molecule has 2 atom stereocenters. The summed E-state index contributed by atoms with van der Waals surface area (Å²) in [6.07, 6.45) is 1.77. The van der Waals surface area contributed by atoms with Crippen molar-refractivity contribution in [2.24, 2.45) is 0 Å². The summed E-state index contributed by atoms with van der Waals surface area (Å²) in [7, 11) is 0. The first kappa shape index (κ1) is 14.2. The minimum atomic E-state index is -1.86. The van der Waals surface area contributed by atoms with E-state index in [2.05, 4.69) is 20.9 Å². The van der Waals surface area contributed by atoms with Crippen LogP contribution in [0.25, 0.3) is 6.08 Å². The number of hydrogen-bond acceptors (Lipinski definition) is 4. The lowest BCUT2D eigenvalue weighted by molar-refractivity contribution is 0.0272. The Kier molecular flexibility index (Phi) is 4.02. The number of aromatic amines is 1. The largest absolute Gasteiger partial charge is 0.393 e. The van der Waals surface area contributed by atoms with E-state index in [9.17, 15) is 14.0 Å². The lowest BCUT2D eigenvalue weighted by Gasteiger charge is -2.15. The first-order valence-corrected chi connectivity index (χ1v) is 6.44. The van der Waals surface area contributed by atoms with Crippen LogP contribution in [-0.2, 0) is 4.74 Å². The van der Waals surface area contributed by atoms with Crippen molar-refractivity contribution in [3.05, 3.63) is 37.6 Å². The summed E-state index contributed by atoms with van der Waals surface area (Å²) in [5, 5.41) is 8.92. The number of halogens is 2. The standard InChI is InChI=1S/C11H12BrFN2O4/c12-2-1-7-4-15(10(18)14-9(7)17)8-3-11(13,5-16)6-19-8/h1-2,4,8,16H,3,5-6H2,(H,14,17,18)/b2-1+/t8-,11+/m0/s1. The summed E-state index contributed by atoms with van der Waals surface area (Å²) in [6, 6.07) is 0. The quantitative estimate of drug-likeness (QED) is 0.844. The molecule has 2 N–H and O–H groups in total. The third-order valence-electron chi connectivity index (χ3n) is 2.91. The number of hydrogen-bond donors (Lipinski definition) is 2. The molecule has 0 aromatic carbocycles. The number of aliphatic hydroxyl groups excluding tert-OH is 1. The minimum absolute atomic E-state index is 0.146. The Morgan fingerprint density at radius 1 is 1.68 bits per heavy atom. The van der Waals surface area contributed by atoms with E-state index >= 15 is 0 Å². The molecular weight excluding hydrogens is 323 g/mol. The Labute approximate surface area is 115 Å². The van der Waals surface area contributed by atoms with Gasteiger partial charge >= 0.3 is 5.69 Å². The van der Waals surface area contributed by atoms with Gasteiger partial charge in [-0.05, 0) is 11.1 Å². The monoisotopic (exact) mass is 334 g/mol. The average molecular weight is 335 g/mol. The molecule has 2 rings (SSSR count). The van der Waals surface area contributed by atoms with Crippen LogP contribution in [0.3, 0.4) is 0 Å². The van der Waals surface area contributed by atoms with Gasteiger partial charge in [0.2, 0.25) is 0 Å². The van der Waals surface area contributed by atoms with Crippen LogP contribution in [0, 0.1) is 0 Å². The van der Waals surface area contributed by atoms with Gasteiger partial charge in [0.15, 0.2) is 5.67 Å². The summed E-state index contributed by atoms with van der Waals surface area (Å²) in [4.78, 5) is 26.8. The molecule has 8 heteroatoms. The SMILES string of the molecule is O=c1[nH]c(=O)n([C@@H]2C[C@@](F)(CO)CO2)cc1/C=C/Br. The van der Waals surface area contributed by atoms with Gasteiger partial charge in [0.05, 0.1) is 18.8 Å². The fourth-order valence-electron chi connectivity index (χ4n) is 1.87. The van der Waals surface area contributed by atoms with E-state index in [1.807, 2.05) is 0 Å². The van der Waals surface area contributed by atoms with Gasteiger partial charge in [0.25, 0.3) is 5.56 Å². The van der Waals surface area contributed by atoms with Crippen LogP contribution < -0.4 is 11.2 Å². The van der Waals surface area contributed by atoms with Crippen molar-refractivity contribution in [3.63, 3.8) is 0 Å². The molecular formula is C11H12BrFN2O4. The van der Waals surface area contributed by atoms with Crippen LogP contribution in [0.2, 0.25) is 0 Å². The minimum Gasteiger partial charge on any atom is -0.393 e. The summed E-state index contributed by atoms with van der Waals surface area (Å²) in [5.41, 5.74) is -2.83. The van der Waals surface area contributed by atoms with E-state index in [0.29, 0.717) is 0 Å². The normalized spacial score (nSPS) is 27.2. The van der Waals surface area contributed by atoms with E-state index in [1.54, 1.807) is 0 Å². The van der Waals surface area contributed by atoms with Crippen molar-refractivity contribution in [1.82, 2.24) is 9.55 Å². The van der Waals surface area contributed by atoms with Crippen LogP contribution in [0.1, 0.15) is 18.2 Å². The van der Waals surface area contributed by atoms with Crippen molar-refractivity contribution in [2.75, 3.05) is 13.2 Å². The van der Waals surface area contributed by atoms with Gasteiger partial charge in [0, 0.05) is 12.6 Å². The molecule has 1 aliphatic rings. The number of nitrogens with zero attached hydrogens (tertiary/aromatic N) is 1. The highest BCUT2D eigenvalue weighted by Gasteiger charge is 2.41. The van der Waals surface area contributed by atoms with Crippen molar-refractivity contribution in [3.8, 4) is 0 Å². The highest BCUT2D eigenvalue weighted by molar-refractivity contribution is 9.11. The number of aliphatic hydroxyl groups is 1.